The van der Waals surface area contributed by atoms with Crippen LogP contribution in [0, 0.1) is 11.6 Å². The van der Waals surface area contributed by atoms with E-state index < -0.39 is 29.9 Å². The minimum atomic E-state index is -1.11. The topological polar surface area (TPSA) is 58.6 Å². The number of benzene rings is 1. The molecule has 0 radical (unpaired) electrons. The second kappa shape index (κ2) is 5.30. The molecule has 0 aliphatic rings. The summed E-state index contributed by atoms with van der Waals surface area (Å²) in [6.07, 6.45) is -0.803. The molecule has 0 unspecified atom stereocenters. The van der Waals surface area contributed by atoms with Crippen molar-refractivity contribution in [3.63, 3.8) is 0 Å². The largest absolute Gasteiger partial charge is 0.444 e. The van der Waals surface area contributed by atoms with Gasteiger partial charge in [0.15, 0.2) is 11.6 Å². The number of amides is 1. The zero-order chi connectivity index (χ0) is 13.9. The van der Waals surface area contributed by atoms with Gasteiger partial charge in [0.05, 0.1) is 12.3 Å². The first-order valence-electron chi connectivity index (χ1n) is 5.31. The molecular weight excluding hydrogens is 244 g/mol. The van der Waals surface area contributed by atoms with Crippen molar-refractivity contribution in [2.24, 2.45) is 0 Å². The number of hydrogen-bond acceptors (Lipinski definition) is 3. The zero-order valence-corrected chi connectivity index (χ0v) is 10.4. The van der Waals surface area contributed by atoms with Crippen molar-refractivity contribution < 1.29 is 23.4 Å². The van der Waals surface area contributed by atoms with Crippen LogP contribution < -0.4 is 5.32 Å². The number of aliphatic hydroxyl groups excluding tert-OH is 1. The number of ether oxygens (including phenoxy) is 1. The molecule has 0 aliphatic carbocycles. The lowest BCUT2D eigenvalue weighted by Crippen LogP contribution is -2.27. The van der Waals surface area contributed by atoms with Gasteiger partial charge in [-0.3, -0.25) is 5.32 Å². The van der Waals surface area contributed by atoms with Crippen molar-refractivity contribution in [3.05, 3.63) is 29.3 Å². The Balaban J connectivity index is 2.90. The molecule has 6 heteroatoms. The highest BCUT2D eigenvalue weighted by atomic mass is 19.2. The molecular formula is C12H15F2NO3. The van der Waals surface area contributed by atoms with Crippen molar-refractivity contribution in [1.29, 1.82) is 0 Å². The van der Waals surface area contributed by atoms with Crippen molar-refractivity contribution in [3.8, 4) is 0 Å². The molecule has 0 saturated carbocycles. The fourth-order valence-corrected chi connectivity index (χ4v) is 1.25. The lowest BCUT2D eigenvalue weighted by atomic mass is 10.1. The molecule has 0 heterocycles. The van der Waals surface area contributed by atoms with Crippen LogP contribution in [0.3, 0.4) is 0 Å². The van der Waals surface area contributed by atoms with Gasteiger partial charge in [-0.2, -0.15) is 0 Å². The van der Waals surface area contributed by atoms with Crippen LogP contribution in [0.5, 0.6) is 0 Å². The molecule has 100 valence electrons. The molecule has 0 atom stereocenters. The normalized spacial score (nSPS) is 11.2. The van der Waals surface area contributed by atoms with E-state index in [9.17, 15) is 13.6 Å². The van der Waals surface area contributed by atoms with Crippen LogP contribution in [0.4, 0.5) is 19.3 Å². The molecule has 2 N–H and O–H groups in total. The number of carbonyl (C=O) groups excluding carboxylic acids is 1. The number of nitrogens with one attached hydrogen (secondary N) is 1. The summed E-state index contributed by atoms with van der Waals surface area (Å²) in [6.45, 7) is 4.49. The summed E-state index contributed by atoms with van der Waals surface area (Å²) in [5.74, 6) is -2.20. The van der Waals surface area contributed by atoms with Gasteiger partial charge < -0.3 is 9.84 Å². The fraction of sp³-hybridized carbons (Fsp3) is 0.417. The molecule has 1 amide bonds. The van der Waals surface area contributed by atoms with Crippen LogP contribution in [0.15, 0.2) is 12.1 Å². The third-order valence-corrected chi connectivity index (χ3v) is 1.95. The summed E-state index contributed by atoms with van der Waals surface area (Å²) < 4.78 is 30.9. The average Bonchev–Trinajstić information content (AvgIpc) is 2.20. The minimum Gasteiger partial charge on any atom is -0.444 e. The highest BCUT2D eigenvalue weighted by Crippen LogP contribution is 2.21. The number of halogens is 2. The molecule has 0 saturated heterocycles. The summed E-state index contributed by atoms with van der Waals surface area (Å²) in [7, 11) is 0. The summed E-state index contributed by atoms with van der Waals surface area (Å²) in [6, 6.07) is 1.62. The first-order valence-corrected chi connectivity index (χ1v) is 5.31. The van der Waals surface area contributed by atoms with Crippen molar-refractivity contribution in [1.82, 2.24) is 0 Å². The Labute approximate surface area is 104 Å². The van der Waals surface area contributed by atoms with Crippen LogP contribution in [-0.2, 0) is 11.3 Å². The Morgan fingerprint density at radius 1 is 1.33 bits per heavy atom. The molecule has 0 aromatic heterocycles. The molecule has 0 spiro atoms. The van der Waals surface area contributed by atoms with E-state index in [4.69, 9.17) is 9.84 Å². The van der Waals surface area contributed by atoms with E-state index in [1.165, 1.54) is 0 Å². The maximum atomic E-state index is 13.0. The number of anilines is 1. The van der Waals surface area contributed by atoms with Crippen molar-refractivity contribution >= 4 is 11.8 Å². The quantitative estimate of drug-likeness (QED) is 0.858. The Kier molecular flexibility index (Phi) is 4.24. The van der Waals surface area contributed by atoms with Gasteiger partial charge in [0.1, 0.15) is 5.60 Å². The van der Waals surface area contributed by atoms with Gasteiger partial charge in [0.25, 0.3) is 0 Å². The van der Waals surface area contributed by atoms with Gasteiger partial charge in [-0.15, -0.1) is 0 Å². The highest BCUT2D eigenvalue weighted by molar-refractivity contribution is 5.85. The van der Waals surface area contributed by atoms with Gasteiger partial charge in [-0.1, -0.05) is 0 Å². The maximum Gasteiger partial charge on any atom is 0.412 e. The third kappa shape index (κ3) is 3.96. The van der Waals surface area contributed by atoms with Crippen molar-refractivity contribution in [2.45, 2.75) is 33.0 Å². The number of carbonyl (C=O) groups is 1. The van der Waals surface area contributed by atoms with Crippen molar-refractivity contribution in [2.75, 3.05) is 5.32 Å². The second-order valence-corrected chi connectivity index (χ2v) is 4.71. The van der Waals surface area contributed by atoms with Crippen LogP contribution in [0.25, 0.3) is 0 Å². The fourth-order valence-electron chi connectivity index (χ4n) is 1.25. The summed E-state index contributed by atoms with van der Waals surface area (Å²) in [5.41, 5.74) is -0.660. The highest BCUT2D eigenvalue weighted by Gasteiger charge is 2.18. The smallest absolute Gasteiger partial charge is 0.412 e. The zero-order valence-electron chi connectivity index (χ0n) is 10.4. The average molecular weight is 259 g/mol. The molecule has 1 aromatic carbocycles. The monoisotopic (exact) mass is 259 g/mol. The molecule has 0 bridgehead atoms. The number of hydrogen-bond donors (Lipinski definition) is 2. The SMILES string of the molecule is CC(C)(C)OC(=O)Nc1cc(F)c(F)cc1CO. The number of rotatable bonds is 2. The lowest BCUT2D eigenvalue weighted by Gasteiger charge is -2.20. The molecule has 0 fully saturated rings. The molecule has 0 aliphatic heterocycles. The van der Waals surface area contributed by atoms with E-state index in [0.717, 1.165) is 12.1 Å². The van der Waals surface area contributed by atoms with E-state index in [-0.39, 0.29) is 11.3 Å². The van der Waals surface area contributed by atoms with Gasteiger partial charge in [0, 0.05) is 11.6 Å². The Hall–Kier alpha value is -1.69. The molecule has 1 aromatic rings. The van der Waals surface area contributed by atoms with E-state index in [1.54, 1.807) is 20.8 Å². The van der Waals surface area contributed by atoms with E-state index in [0.29, 0.717) is 0 Å². The van der Waals surface area contributed by atoms with Crippen LogP contribution >= 0.6 is 0 Å². The van der Waals surface area contributed by atoms with E-state index in [2.05, 4.69) is 5.32 Å². The minimum absolute atomic E-state index is 0.0225. The summed E-state index contributed by atoms with van der Waals surface area (Å²) >= 11 is 0. The Morgan fingerprint density at radius 2 is 1.89 bits per heavy atom. The molecule has 4 nitrogen and oxygen atoms in total. The van der Waals surface area contributed by atoms with Gasteiger partial charge in [0.2, 0.25) is 0 Å². The van der Waals surface area contributed by atoms with E-state index in [1.807, 2.05) is 0 Å². The number of aliphatic hydroxyl groups is 1. The standard InChI is InChI=1S/C12H15F2NO3/c1-12(2,3)18-11(17)15-10-5-9(14)8(13)4-7(10)6-16/h4-5,16H,6H2,1-3H3,(H,15,17). The van der Waals surface area contributed by atoms with Gasteiger partial charge >= 0.3 is 6.09 Å². The summed E-state index contributed by atoms with van der Waals surface area (Å²) in [4.78, 5) is 11.5. The first kappa shape index (κ1) is 14.4. The van der Waals surface area contributed by atoms with Crippen LogP contribution in [0.1, 0.15) is 26.3 Å². The predicted octanol–water partition coefficient (Wildman–Crippen LogP) is 2.80. The first-order chi connectivity index (χ1) is 8.23. The Bertz CT molecular complexity index is 455. The van der Waals surface area contributed by atoms with Gasteiger partial charge in [-0.25, -0.2) is 13.6 Å². The Morgan fingerprint density at radius 3 is 2.39 bits per heavy atom. The predicted molar refractivity (Wildman–Crippen MR) is 62.1 cm³/mol. The van der Waals surface area contributed by atoms with Crippen LogP contribution in [0.2, 0.25) is 0 Å². The van der Waals surface area contributed by atoms with E-state index >= 15 is 0 Å². The third-order valence-electron chi connectivity index (χ3n) is 1.95. The lowest BCUT2D eigenvalue weighted by molar-refractivity contribution is 0.0635. The second-order valence-electron chi connectivity index (χ2n) is 4.71. The maximum absolute atomic E-state index is 13.0. The van der Waals surface area contributed by atoms with Gasteiger partial charge in [-0.05, 0) is 26.8 Å². The molecule has 1 rings (SSSR count). The summed E-state index contributed by atoms with van der Waals surface area (Å²) in [5, 5.41) is 11.3. The van der Waals surface area contributed by atoms with Crippen LogP contribution in [-0.4, -0.2) is 16.8 Å². The molecule has 18 heavy (non-hydrogen) atoms.